The largest absolute Gasteiger partial charge is 0.468 e. The van der Waals surface area contributed by atoms with Crippen LogP contribution in [0.1, 0.15) is 20.3 Å². The van der Waals surface area contributed by atoms with Gasteiger partial charge in [-0.2, -0.15) is 0 Å². The van der Waals surface area contributed by atoms with Gasteiger partial charge in [-0.05, 0) is 5.92 Å². The molecule has 1 saturated heterocycles. The summed E-state index contributed by atoms with van der Waals surface area (Å²) < 4.78 is 4.89. The number of nitrogens with zero attached hydrogens (tertiary/aromatic N) is 1. The molecule has 0 saturated carbocycles. The second-order valence-electron chi connectivity index (χ2n) is 4.14. The van der Waals surface area contributed by atoms with Crippen molar-refractivity contribution in [2.75, 3.05) is 33.3 Å². The maximum atomic E-state index is 11.7. The predicted octanol–water partition coefficient (Wildman–Crippen LogP) is 0.479. The van der Waals surface area contributed by atoms with Crippen molar-refractivity contribution in [1.29, 1.82) is 0 Å². The van der Waals surface area contributed by atoms with Crippen LogP contribution < -0.4 is 5.32 Å². The molecular weight excluding hydrogens is 192 g/mol. The Morgan fingerprint density at radius 2 is 2.07 bits per heavy atom. The second-order valence-corrected chi connectivity index (χ2v) is 4.14. The van der Waals surface area contributed by atoms with Crippen LogP contribution >= 0.6 is 0 Å². The molecule has 1 aliphatic heterocycles. The molecule has 0 spiro atoms. The number of methoxy groups -OCH3 is 1. The van der Waals surface area contributed by atoms with E-state index in [9.17, 15) is 4.79 Å². The third-order valence-corrected chi connectivity index (χ3v) is 3.17. The summed E-state index contributed by atoms with van der Waals surface area (Å²) in [4.78, 5) is 14.0. The maximum absolute atomic E-state index is 11.7. The zero-order chi connectivity index (χ0) is 11.3. The SMILES string of the molecule is CCC(C)C(C(=O)OC)N1CCNCC1. The highest BCUT2D eigenvalue weighted by Gasteiger charge is 2.31. The Morgan fingerprint density at radius 3 is 2.53 bits per heavy atom. The van der Waals surface area contributed by atoms with E-state index in [1.54, 1.807) is 0 Å². The Balaban J connectivity index is 2.65. The van der Waals surface area contributed by atoms with E-state index in [0.29, 0.717) is 5.92 Å². The first-order valence-electron chi connectivity index (χ1n) is 5.73. The number of rotatable bonds is 4. The molecule has 0 aromatic rings. The molecular formula is C11H22N2O2. The first-order valence-corrected chi connectivity index (χ1v) is 5.73. The number of nitrogens with one attached hydrogen (secondary N) is 1. The monoisotopic (exact) mass is 214 g/mol. The Labute approximate surface area is 92.0 Å². The van der Waals surface area contributed by atoms with Crippen LogP contribution in [0, 0.1) is 5.92 Å². The fourth-order valence-corrected chi connectivity index (χ4v) is 2.05. The highest BCUT2D eigenvalue weighted by molar-refractivity contribution is 5.76. The van der Waals surface area contributed by atoms with Gasteiger partial charge < -0.3 is 10.1 Å². The highest BCUT2D eigenvalue weighted by atomic mass is 16.5. The van der Waals surface area contributed by atoms with E-state index >= 15 is 0 Å². The van der Waals surface area contributed by atoms with E-state index in [2.05, 4.69) is 24.1 Å². The van der Waals surface area contributed by atoms with E-state index in [4.69, 9.17) is 4.74 Å². The van der Waals surface area contributed by atoms with Gasteiger partial charge in [0, 0.05) is 26.2 Å². The standard InChI is InChI=1S/C11H22N2O2/c1-4-9(2)10(11(14)15-3)13-7-5-12-6-8-13/h9-10,12H,4-8H2,1-3H3. The average Bonchev–Trinajstić information content (AvgIpc) is 2.30. The van der Waals surface area contributed by atoms with Crippen molar-refractivity contribution in [2.24, 2.45) is 5.92 Å². The van der Waals surface area contributed by atoms with Gasteiger partial charge in [0.25, 0.3) is 0 Å². The molecule has 0 amide bonds. The molecule has 1 heterocycles. The van der Waals surface area contributed by atoms with Crippen LogP contribution in [0.4, 0.5) is 0 Å². The molecule has 1 aliphatic rings. The van der Waals surface area contributed by atoms with Crippen molar-refractivity contribution in [2.45, 2.75) is 26.3 Å². The van der Waals surface area contributed by atoms with E-state index in [0.717, 1.165) is 32.6 Å². The Kier molecular flexibility index (Phi) is 5.05. The molecule has 88 valence electrons. The van der Waals surface area contributed by atoms with Crippen LogP contribution in [0.25, 0.3) is 0 Å². The molecule has 1 N–H and O–H groups in total. The minimum Gasteiger partial charge on any atom is -0.468 e. The second kappa shape index (κ2) is 6.08. The van der Waals surface area contributed by atoms with Crippen LogP contribution in [-0.4, -0.2) is 50.2 Å². The fourth-order valence-electron chi connectivity index (χ4n) is 2.05. The lowest BCUT2D eigenvalue weighted by atomic mass is 9.97. The van der Waals surface area contributed by atoms with E-state index in [1.165, 1.54) is 7.11 Å². The van der Waals surface area contributed by atoms with Gasteiger partial charge in [-0.3, -0.25) is 9.69 Å². The zero-order valence-corrected chi connectivity index (χ0v) is 9.95. The molecule has 0 bridgehead atoms. The summed E-state index contributed by atoms with van der Waals surface area (Å²) in [6.07, 6.45) is 1.00. The fraction of sp³-hybridized carbons (Fsp3) is 0.909. The van der Waals surface area contributed by atoms with E-state index in [1.807, 2.05) is 0 Å². The summed E-state index contributed by atoms with van der Waals surface area (Å²) in [5, 5.41) is 3.29. The van der Waals surface area contributed by atoms with Gasteiger partial charge in [0.2, 0.25) is 0 Å². The molecule has 1 fully saturated rings. The number of ether oxygens (including phenoxy) is 1. The smallest absolute Gasteiger partial charge is 0.323 e. The van der Waals surface area contributed by atoms with Gasteiger partial charge >= 0.3 is 5.97 Å². The number of carbonyl (C=O) groups excluding carboxylic acids is 1. The molecule has 4 nitrogen and oxygen atoms in total. The Morgan fingerprint density at radius 1 is 1.47 bits per heavy atom. The average molecular weight is 214 g/mol. The molecule has 4 heteroatoms. The number of esters is 1. The van der Waals surface area contributed by atoms with Crippen LogP contribution in [-0.2, 0) is 9.53 Å². The summed E-state index contributed by atoms with van der Waals surface area (Å²) in [6.45, 7) is 8.02. The first kappa shape index (κ1) is 12.5. The molecule has 0 radical (unpaired) electrons. The lowest BCUT2D eigenvalue weighted by molar-refractivity contribution is -0.149. The van der Waals surface area contributed by atoms with Gasteiger partial charge in [0.15, 0.2) is 0 Å². The van der Waals surface area contributed by atoms with Crippen molar-refractivity contribution >= 4 is 5.97 Å². The van der Waals surface area contributed by atoms with Gasteiger partial charge in [-0.1, -0.05) is 20.3 Å². The highest BCUT2D eigenvalue weighted by Crippen LogP contribution is 2.16. The lowest BCUT2D eigenvalue weighted by Crippen LogP contribution is -2.53. The summed E-state index contributed by atoms with van der Waals surface area (Å²) in [6, 6.07) is -0.0675. The lowest BCUT2D eigenvalue weighted by Gasteiger charge is -2.36. The van der Waals surface area contributed by atoms with Crippen molar-refractivity contribution in [1.82, 2.24) is 10.2 Å². The topological polar surface area (TPSA) is 41.6 Å². The van der Waals surface area contributed by atoms with E-state index in [-0.39, 0.29) is 12.0 Å². The quantitative estimate of drug-likeness (QED) is 0.691. The summed E-state index contributed by atoms with van der Waals surface area (Å²) >= 11 is 0. The van der Waals surface area contributed by atoms with Gasteiger partial charge in [-0.25, -0.2) is 0 Å². The third-order valence-electron chi connectivity index (χ3n) is 3.17. The van der Waals surface area contributed by atoms with E-state index < -0.39 is 0 Å². The van der Waals surface area contributed by atoms with Gasteiger partial charge in [-0.15, -0.1) is 0 Å². The molecule has 2 unspecified atom stereocenters. The van der Waals surface area contributed by atoms with Crippen molar-refractivity contribution in [3.8, 4) is 0 Å². The number of hydrogen-bond acceptors (Lipinski definition) is 4. The van der Waals surface area contributed by atoms with Crippen molar-refractivity contribution in [3.05, 3.63) is 0 Å². The minimum absolute atomic E-state index is 0.0675. The molecule has 2 atom stereocenters. The molecule has 15 heavy (non-hydrogen) atoms. The minimum atomic E-state index is -0.0914. The zero-order valence-electron chi connectivity index (χ0n) is 9.95. The van der Waals surface area contributed by atoms with Crippen LogP contribution in [0.2, 0.25) is 0 Å². The Bertz CT molecular complexity index is 203. The van der Waals surface area contributed by atoms with Crippen molar-refractivity contribution in [3.63, 3.8) is 0 Å². The maximum Gasteiger partial charge on any atom is 0.323 e. The van der Waals surface area contributed by atoms with Gasteiger partial charge in [0.1, 0.15) is 6.04 Å². The summed E-state index contributed by atoms with van der Waals surface area (Å²) in [5.41, 5.74) is 0. The van der Waals surface area contributed by atoms with Crippen LogP contribution in [0.15, 0.2) is 0 Å². The van der Waals surface area contributed by atoms with Crippen molar-refractivity contribution < 1.29 is 9.53 Å². The third kappa shape index (κ3) is 3.18. The van der Waals surface area contributed by atoms with Crippen LogP contribution in [0.5, 0.6) is 0 Å². The number of hydrogen-bond donors (Lipinski definition) is 1. The number of piperazine rings is 1. The summed E-state index contributed by atoms with van der Waals surface area (Å²) in [7, 11) is 1.47. The Hall–Kier alpha value is -0.610. The molecule has 0 aliphatic carbocycles. The molecule has 1 rings (SSSR count). The first-order chi connectivity index (χ1) is 7.20. The molecule has 0 aromatic carbocycles. The van der Waals surface area contributed by atoms with Crippen LogP contribution in [0.3, 0.4) is 0 Å². The molecule has 0 aromatic heterocycles. The predicted molar refractivity (Wildman–Crippen MR) is 59.7 cm³/mol. The summed E-state index contributed by atoms with van der Waals surface area (Å²) in [5.74, 6) is 0.266. The van der Waals surface area contributed by atoms with Gasteiger partial charge in [0.05, 0.1) is 7.11 Å². The number of carbonyl (C=O) groups is 1. The normalized spacial score (nSPS) is 22.1.